The Morgan fingerprint density at radius 3 is 2.18 bits per heavy atom. The van der Waals surface area contributed by atoms with Crippen LogP contribution in [0.2, 0.25) is 0 Å². The van der Waals surface area contributed by atoms with Crippen molar-refractivity contribution in [2.45, 2.75) is 134 Å². The third-order valence-electron chi connectivity index (χ3n) is 7.33. The highest BCUT2D eigenvalue weighted by atomic mass is 19.1. The van der Waals surface area contributed by atoms with Gasteiger partial charge in [-0.05, 0) is 57.3 Å². The maximum absolute atomic E-state index is 14.6. The summed E-state index contributed by atoms with van der Waals surface area (Å²) in [5.74, 6) is 0.223. The van der Waals surface area contributed by atoms with E-state index in [9.17, 15) is 9.18 Å². The Bertz CT molecular complexity index is 535. The van der Waals surface area contributed by atoms with Crippen LogP contribution >= 0.6 is 0 Å². The molecular weight excluding hydrogens is 435 g/mol. The summed E-state index contributed by atoms with van der Waals surface area (Å²) in [6.07, 6.45) is 17.2. The quantitative estimate of drug-likeness (QED) is 0.0901. The summed E-state index contributed by atoms with van der Waals surface area (Å²) >= 11 is 0. The first-order valence-corrected chi connectivity index (χ1v) is 13.9. The summed E-state index contributed by atoms with van der Waals surface area (Å²) in [6.45, 7) is 7.02. The normalized spacial score (nSPS) is 27.4. The highest BCUT2D eigenvalue weighted by molar-refractivity contribution is 5.81. The van der Waals surface area contributed by atoms with Gasteiger partial charge in [-0.1, -0.05) is 58.4 Å². The molecule has 0 amide bonds. The lowest BCUT2D eigenvalue weighted by Crippen LogP contribution is -2.37. The molecular formula is C28H49FO5. The van der Waals surface area contributed by atoms with Crippen LogP contribution in [-0.4, -0.2) is 50.5 Å². The van der Waals surface area contributed by atoms with E-state index in [1.807, 2.05) is 0 Å². The van der Waals surface area contributed by atoms with Gasteiger partial charge in [0.1, 0.15) is 13.0 Å². The van der Waals surface area contributed by atoms with Gasteiger partial charge in [-0.25, -0.2) is 9.18 Å². The molecule has 0 aromatic rings. The van der Waals surface area contributed by atoms with Gasteiger partial charge in [-0.2, -0.15) is 0 Å². The molecule has 198 valence electrons. The predicted molar refractivity (Wildman–Crippen MR) is 133 cm³/mol. The molecule has 0 aromatic carbocycles. The maximum Gasteiger partial charge on any atom is 0.330 e. The molecule has 2 fully saturated rings. The smallest absolute Gasteiger partial charge is 0.330 e. The van der Waals surface area contributed by atoms with Gasteiger partial charge < -0.3 is 18.9 Å². The van der Waals surface area contributed by atoms with E-state index < -0.39 is 6.17 Å². The molecule has 0 aliphatic heterocycles. The Balaban J connectivity index is 1.44. The van der Waals surface area contributed by atoms with Gasteiger partial charge in [0.15, 0.2) is 0 Å². The number of hydrogen-bond donors (Lipinski definition) is 0. The molecule has 0 radical (unpaired) electrons. The molecule has 0 spiro atoms. The minimum atomic E-state index is -0.946. The first-order valence-electron chi connectivity index (χ1n) is 13.9. The molecule has 2 rings (SSSR count). The predicted octanol–water partition coefficient (Wildman–Crippen LogP) is 7.07. The molecule has 0 N–H and O–H groups in total. The van der Waals surface area contributed by atoms with Crippen LogP contribution in [-0.2, 0) is 23.7 Å². The van der Waals surface area contributed by atoms with Crippen molar-refractivity contribution in [1.82, 2.24) is 0 Å². The summed E-state index contributed by atoms with van der Waals surface area (Å²) in [7, 11) is 0. The van der Waals surface area contributed by atoms with Crippen molar-refractivity contribution in [3.8, 4) is 0 Å². The van der Waals surface area contributed by atoms with Crippen molar-refractivity contribution in [2.75, 3.05) is 20.0 Å². The van der Waals surface area contributed by atoms with Crippen LogP contribution < -0.4 is 0 Å². The lowest BCUT2D eigenvalue weighted by Gasteiger charge is -2.32. The Hall–Kier alpha value is -0.980. The van der Waals surface area contributed by atoms with Crippen molar-refractivity contribution in [3.05, 3.63) is 12.7 Å². The van der Waals surface area contributed by atoms with Gasteiger partial charge >= 0.3 is 5.97 Å². The van der Waals surface area contributed by atoms with Crippen LogP contribution in [0.25, 0.3) is 0 Å². The third kappa shape index (κ3) is 12.6. The van der Waals surface area contributed by atoms with Crippen molar-refractivity contribution in [2.24, 2.45) is 5.92 Å². The van der Waals surface area contributed by atoms with E-state index in [4.69, 9.17) is 18.9 Å². The number of carbonyl (C=O) groups is 1. The molecule has 2 aliphatic carbocycles. The molecule has 0 aromatic heterocycles. The zero-order valence-electron chi connectivity index (χ0n) is 21.5. The molecule has 0 bridgehead atoms. The lowest BCUT2D eigenvalue weighted by molar-refractivity contribution is -0.150. The molecule has 5 nitrogen and oxygen atoms in total. The highest BCUT2D eigenvalue weighted by Crippen LogP contribution is 2.30. The van der Waals surface area contributed by atoms with Crippen LogP contribution in [0.15, 0.2) is 12.7 Å². The van der Waals surface area contributed by atoms with Crippen molar-refractivity contribution in [3.63, 3.8) is 0 Å². The zero-order valence-corrected chi connectivity index (χ0v) is 21.5. The number of esters is 1. The lowest BCUT2D eigenvalue weighted by atomic mass is 9.85. The second kappa shape index (κ2) is 18.3. The summed E-state index contributed by atoms with van der Waals surface area (Å²) < 4.78 is 37.3. The molecule has 2 saturated carbocycles. The maximum atomic E-state index is 14.6. The fraction of sp³-hybridized carbons (Fsp3) is 0.893. The number of hydrogen-bond acceptors (Lipinski definition) is 5. The Morgan fingerprint density at radius 1 is 0.853 bits per heavy atom. The fourth-order valence-corrected chi connectivity index (χ4v) is 5.07. The van der Waals surface area contributed by atoms with E-state index in [1.54, 1.807) is 0 Å². The Morgan fingerprint density at radius 2 is 1.50 bits per heavy atom. The minimum Gasteiger partial charge on any atom is -0.463 e. The van der Waals surface area contributed by atoms with Crippen molar-refractivity contribution in [1.29, 1.82) is 0 Å². The average molecular weight is 485 g/mol. The number of ether oxygens (including phenoxy) is 4. The van der Waals surface area contributed by atoms with Crippen molar-refractivity contribution < 1.29 is 28.1 Å². The van der Waals surface area contributed by atoms with Gasteiger partial charge in [-0.3, -0.25) is 0 Å². The van der Waals surface area contributed by atoms with Gasteiger partial charge in [0.25, 0.3) is 0 Å². The first-order chi connectivity index (χ1) is 16.6. The standard InChI is InChI=1S/C28H49FO5/c1-3-5-6-7-8-9-10-11-19-31-27-17-16-25(21-26(27)29)34-22-33-24-14-12-23(13-15-24)18-20-32-28(30)4-2/h4,23-27H,2-3,5-22H2,1H3. The fourth-order valence-electron chi connectivity index (χ4n) is 5.07. The average Bonchev–Trinajstić information content (AvgIpc) is 2.85. The number of alkyl halides is 1. The van der Waals surface area contributed by atoms with Crippen molar-refractivity contribution >= 4 is 5.97 Å². The molecule has 0 heterocycles. The van der Waals surface area contributed by atoms with Gasteiger partial charge in [0.2, 0.25) is 0 Å². The molecule has 3 atom stereocenters. The van der Waals surface area contributed by atoms with Crippen LogP contribution in [0.5, 0.6) is 0 Å². The molecule has 3 unspecified atom stereocenters. The number of unbranched alkanes of at least 4 members (excludes halogenated alkanes) is 7. The minimum absolute atomic E-state index is 0.0751. The SMILES string of the molecule is C=CC(=O)OCCC1CCC(OCOC2CCC(OCCCCCCCCCC)C(F)C2)CC1. The topological polar surface area (TPSA) is 54.0 Å². The van der Waals surface area contributed by atoms with E-state index >= 15 is 0 Å². The number of rotatable bonds is 18. The van der Waals surface area contributed by atoms with E-state index in [1.165, 1.54) is 51.0 Å². The molecule has 2 aliphatic rings. The van der Waals surface area contributed by atoms with E-state index in [2.05, 4.69) is 13.5 Å². The summed E-state index contributed by atoms with van der Waals surface area (Å²) in [5.41, 5.74) is 0. The largest absolute Gasteiger partial charge is 0.463 e. The van der Waals surface area contributed by atoms with Crippen LogP contribution in [0.1, 0.15) is 110 Å². The monoisotopic (exact) mass is 484 g/mol. The Kier molecular flexibility index (Phi) is 15.8. The molecule has 6 heteroatoms. The summed E-state index contributed by atoms with van der Waals surface area (Å²) in [5, 5.41) is 0. The third-order valence-corrected chi connectivity index (χ3v) is 7.33. The molecule has 34 heavy (non-hydrogen) atoms. The number of carbonyl (C=O) groups excluding carboxylic acids is 1. The first kappa shape index (κ1) is 29.3. The second-order valence-corrected chi connectivity index (χ2v) is 10.1. The molecule has 0 saturated heterocycles. The van der Waals surface area contributed by atoms with Gasteiger partial charge in [0.05, 0.1) is 24.9 Å². The van der Waals surface area contributed by atoms with Crippen LogP contribution in [0.3, 0.4) is 0 Å². The van der Waals surface area contributed by atoms with Gasteiger partial charge in [0, 0.05) is 19.1 Å². The number of halogens is 1. The highest BCUT2D eigenvalue weighted by Gasteiger charge is 2.32. The van der Waals surface area contributed by atoms with E-state index in [0.717, 1.165) is 51.4 Å². The summed E-state index contributed by atoms with van der Waals surface area (Å²) in [4.78, 5) is 11.1. The Labute approximate surface area is 207 Å². The van der Waals surface area contributed by atoms with E-state index in [-0.39, 0.29) is 31.1 Å². The van der Waals surface area contributed by atoms with Crippen LogP contribution in [0, 0.1) is 5.92 Å². The van der Waals surface area contributed by atoms with E-state index in [0.29, 0.717) is 25.6 Å². The zero-order chi connectivity index (χ0) is 24.4. The van der Waals surface area contributed by atoms with Crippen LogP contribution in [0.4, 0.5) is 4.39 Å². The second-order valence-electron chi connectivity index (χ2n) is 10.1. The summed E-state index contributed by atoms with van der Waals surface area (Å²) in [6, 6.07) is 0. The van der Waals surface area contributed by atoms with Gasteiger partial charge in [-0.15, -0.1) is 0 Å².